The van der Waals surface area contributed by atoms with Gasteiger partial charge in [-0.1, -0.05) is 20.8 Å². The number of nitrogens with zero attached hydrogens (tertiary/aromatic N) is 3. The van der Waals surface area contributed by atoms with E-state index in [-0.39, 0.29) is 17.3 Å². The fourth-order valence-corrected chi connectivity index (χ4v) is 3.58. The number of hydrogen-bond acceptors (Lipinski definition) is 3. The molecule has 6 heteroatoms. The molecule has 0 aliphatic carbocycles. The number of nitrogens with one attached hydrogen (secondary N) is 1. The van der Waals surface area contributed by atoms with Crippen molar-refractivity contribution in [3.8, 4) is 0 Å². The van der Waals surface area contributed by atoms with Crippen molar-refractivity contribution in [3.05, 3.63) is 40.0 Å². The number of rotatable bonds is 1. The Bertz CT molecular complexity index is 658. The average Bonchev–Trinajstić information content (AvgIpc) is 2.77. The van der Waals surface area contributed by atoms with Crippen LogP contribution in [0.15, 0.2) is 22.8 Å². The number of halogens is 2. The van der Waals surface area contributed by atoms with Crippen molar-refractivity contribution in [2.75, 3.05) is 11.9 Å². The van der Waals surface area contributed by atoms with Gasteiger partial charge in [0.2, 0.25) is 0 Å². The molecule has 112 valence electrons. The summed E-state index contributed by atoms with van der Waals surface area (Å²) in [5, 5.41) is 8.16. The minimum Gasteiger partial charge on any atom is -0.369 e. The minimum absolute atomic E-state index is 0.0363. The van der Waals surface area contributed by atoms with Crippen LogP contribution in [0.25, 0.3) is 0 Å². The molecule has 1 N–H and O–H groups in total. The van der Waals surface area contributed by atoms with E-state index in [1.807, 2.05) is 4.68 Å². The summed E-state index contributed by atoms with van der Waals surface area (Å²) in [6.07, 6.45) is 2.14. The van der Waals surface area contributed by atoms with Crippen molar-refractivity contribution in [2.45, 2.75) is 38.6 Å². The molecule has 0 radical (unpaired) electrons. The Balaban J connectivity index is 2.08. The molecule has 1 aliphatic heterocycles. The number of fused-ring (bicyclic) bond motifs is 1. The Morgan fingerprint density at radius 3 is 2.76 bits per heavy atom. The molecule has 1 atom stereocenters. The molecule has 2 aromatic rings. The van der Waals surface area contributed by atoms with Crippen molar-refractivity contribution in [1.82, 2.24) is 14.8 Å². The number of hydrogen-bond donors (Lipinski definition) is 1. The molecule has 0 aromatic carbocycles. The highest BCUT2D eigenvalue weighted by atomic mass is 79.9. The van der Waals surface area contributed by atoms with Gasteiger partial charge in [0.25, 0.3) is 0 Å². The largest absolute Gasteiger partial charge is 0.369 e. The second-order valence-corrected chi connectivity index (χ2v) is 7.13. The third kappa shape index (κ3) is 2.57. The topological polar surface area (TPSA) is 42.7 Å². The smallest absolute Gasteiger partial charge is 0.141 e. The lowest BCUT2D eigenvalue weighted by atomic mass is 9.92. The van der Waals surface area contributed by atoms with Gasteiger partial charge < -0.3 is 5.32 Å². The van der Waals surface area contributed by atoms with Gasteiger partial charge in [-0.2, -0.15) is 5.10 Å². The molecule has 4 nitrogen and oxygen atoms in total. The van der Waals surface area contributed by atoms with Gasteiger partial charge in [0.1, 0.15) is 11.6 Å². The second-order valence-electron chi connectivity index (χ2n) is 6.34. The summed E-state index contributed by atoms with van der Waals surface area (Å²) < 4.78 is 16.0. The van der Waals surface area contributed by atoms with E-state index in [1.54, 1.807) is 6.07 Å². The van der Waals surface area contributed by atoms with Gasteiger partial charge in [0.15, 0.2) is 0 Å². The van der Waals surface area contributed by atoms with Crippen molar-refractivity contribution in [1.29, 1.82) is 0 Å². The lowest BCUT2D eigenvalue weighted by molar-refractivity contribution is 0.453. The quantitative estimate of drug-likeness (QED) is 0.846. The first kappa shape index (κ1) is 14.5. The zero-order valence-electron chi connectivity index (χ0n) is 12.3. The standard InChI is InChI=1S/C15H18BrFN4/c1-15(2,3)13-12(16)14-18-7-6-11(21(14)20-13)10-5-4-9(17)8-19-10/h4-5,8,11,18H,6-7H2,1-3H3. The summed E-state index contributed by atoms with van der Waals surface area (Å²) in [5.74, 6) is 0.659. The van der Waals surface area contributed by atoms with Crippen molar-refractivity contribution >= 4 is 21.7 Å². The third-order valence-corrected chi connectivity index (χ3v) is 4.41. The Labute approximate surface area is 131 Å². The molecule has 0 bridgehead atoms. The summed E-state index contributed by atoms with van der Waals surface area (Å²) in [6, 6.07) is 3.23. The summed E-state index contributed by atoms with van der Waals surface area (Å²) in [6.45, 7) is 7.25. The molecule has 3 rings (SSSR count). The summed E-state index contributed by atoms with van der Waals surface area (Å²) in [4.78, 5) is 4.22. The lowest BCUT2D eigenvalue weighted by Crippen LogP contribution is -2.25. The normalized spacial score (nSPS) is 18.2. The number of aromatic nitrogens is 3. The first-order valence-corrected chi connectivity index (χ1v) is 7.81. The van der Waals surface area contributed by atoms with E-state index in [4.69, 9.17) is 5.10 Å². The van der Waals surface area contributed by atoms with Gasteiger partial charge in [-0.25, -0.2) is 9.07 Å². The number of anilines is 1. The fraction of sp³-hybridized carbons (Fsp3) is 0.467. The Hall–Kier alpha value is -1.43. The van der Waals surface area contributed by atoms with E-state index in [1.165, 1.54) is 12.3 Å². The van der Waals surface area contributed by atoms with Crippen molar-refractivity contribution < 1.29 is 4.39 Å². The first-order valence-electron chi connectivity index (χ1n) is 7.02. The fourth-order valence-electron chi connectivity index (χ4n) is 2.58. The van der Waals surface area contributed by atoms with Crippen LogP contribution >= 0.6 is 15.9 Å². The maximum atomic E-state index is 13.1. The molecule has 3 heterocycles. The van der Waals surface area contributed by atoms with Crippen LogP contribution in [0.1, 0.15) is 44.6 Å². The Morgan fingerprint density at radius 2 is 2.14 bits per heavy atom. The van der Waals surface area contributed by atoms with Crippen LogP contribution < -0.4 is 5.32 Å². The van der Waals surface area contributed by atoms with Gasteiger partial charge in [0, 0.05) is 12.0 Å². The summed E-state index contributed by atoms with van der Waals surface area (Å²) >= 11 is 3.66. The molecule has 1 unspecified atom stereocenters. The van der Waals surface area contributed by atoms with Crippen LogP contribution in [0.4, 0.5) is 10.2 Å². The molecule has 0 fully saturated rings. The maximum Gasteiger partial charge on any atom is 0.141 e. The van der Waals surface area contributed by atoms with Crippen LogP contribution in [0.3, 0.4) is 0 Å². The Morgan fingerprint density at radius 1 is 1.38 bits per heavy atom. The van der Waals surface area contributed by atoms with E-state index < -0.39 is 0 Å². The van der Waals surface area contributed by atoms with E-state index in [9.17, 15) is 4.39 Å². The van der Waals surface area contributed by atoms with Gasteiger partial charge in [-0.15, -0.1) is 0 Å². The lowest BCUT2D eigenvalue weighted by Gasteiger charge is -2.25. The highest BCUT2D eigenvalue weighted by Gasteiger charge is 2.31. The van der Waals surface area contributed by atoms with Crippen LogP contribution in [0, 0.1) is 5.82 Å². The molecule has 21 heavy (non-hydrogen) atoms. The molecule has 0 saturated carbocycles. The SMILES string of the molecule is CC(C)(C)c1nn2c(c1Br)NCCC2c1ccc(F)cn1. The molecule has 0 saturated heterocycles. The van der Waals surface area contributed by atoms with Gasteiger partial charge in [0.05, 0.1) is 28.1 Å². The van der Waals surface area contributed by atoms with Crippen LogP contribution in [-0.4, -0.2) is 21.3 Å². The van der Waals surface area contributed by atoms with Gasteiger partial charge >= 0.3 is 0 Å². The van der Waals surface area contributed by atoms with Gasteiger partial charge in [-0.05, 0) is 34.5 Å². The molecule has 2 aromatic heterocycles. The minimum atomic E-state index is -0.315. The Kier molecular flexibility index (Phi) is 3.51. The van der Waals surface area contributed by atoms with E-state index in [2.05, 4.69) is 47.0 Å². The second kappa shape index (κ2) is 5.09. The van der Waals surface area contributed by atoms with E-state index in [0.29, 0.717) is 0 Å². The van der Waals surface area contributed by atoms with Crippen molar-refractivity contribution in [2.24, 2.45) is 0 Å². The summed E-state index contributed by atoms with van der Waals surface area (Å²) in [5.41, 5.74) is 1.81. The molecule has 1 aliphatic rings. The van der Waals surface area contributed by atoms with E-state index >= 15 is 0 Å². The molecular formula is C15H18BrFN4. The molecule has 0 spiro atoms. The number of pyridine rings is 1. The molecule has 0 amide bonds. The van der Waals surface area contributed by atoms with Crippen LogP contribution in [0.2, 0.25) is 0 Å². The highest BCUT2D eigenvalue weighted by molar-refractivity contribution is 9.10. The van der Waals surface area contributed by atoms with Crippen LogP contribution in [0.5, 0.6) is 0 Å². The zero-order valence-corrected chi connectivity index (χ0v) is 13.9. The third-order valence-electron chi connectivity index (χ3n) is 3.66. The van der Waals surface area contributed by atoms with E-state index in [0.717, 1.165) is 34.6 Å². The van der Waals surface area contributed by atoms with Gasteiger partial charge in [-0.3, -0.25) is 4.98 Å². The predicted octanol–water partition coefficient (Wildman–Crippen LogP) is 3.88. The van der Waals surface area contributed by atoms with Crippen molar-refractivity contribution in [3.63, 3.8) is 0 Å². The zero-order chi connectivity index (χ0) is 15.2. The maximum absolute atomic E-state index is 13.1. The first-order chi connectivity index (χ1) is 9.88. The highest BCUT2D eigenvalue weighted by Crippen LogP contribution is 2.39. The summed E-state index contributed by atoms with van der Waals surface area (Å²) in [7, 11) is 0. The average molecular weight is 353 g/mol. The van der Waals surface area contributed by atoms with Crippen LogP contribution in [-0.2, 0) is 5.41 Å². The molecular weight excluding hydrogens is 335 g/mol. The predicted molar refractivity (Wildman–Crippen MR) is 84.1 cm³/mol. The monoisotopic (exact) mass is 352 g/mol.